The summed E-state index contributed by atoms with van der Waals surface area (Å²) in [6, 6.07) is 0. The highest BCUT2D eigenvalue weighted by Crippen LogP contribution is 2.08. The van der Waals surface area contributed by atoms with Gasteiger partial charge in [-0.15, -0.1) is 6.58 Å². The molecule has 0 aliphatic carbocycles. The van der Waals surface area contributed by atoms with Crippen molar-refractivity contribution >= 4 is 6.09 Å². The van der Waals surface area contributed by atoms with Crippen LogP contribution < -0.4 is 10.5 Å². The number of rotatable bonds is 8. The first-order valence-electron chi connectivity index (χ1n) is 6.59. The molecule has 3 N–H and O–H groups in total. The standard InChI is InChI=1S/C13H26N2O4/c1-5-6-7-8-9-10-11(15(17)18)14-12(16)19-13(2,3)4/h5,11,15,17H,1,6-10H2,2-4H3,(H,14,16)/t11-/m1/s1. The summed E-state index contributed by atoms with van der Waals surface area (Å²) in [5.74, 6) is 0. The summed E-state index contributed by atoms with van der Waals surface area (Å²) in [7, 11) is 0. The van der Waals surface area contributed by atoms with Crippen LogP contribution in [0, 0.1) is 5.21 Å². The smallest absolute Gasteiger partial charge is 0.412 e. The van der Waals surface area contributed by atoms with Crippen molar-refractivity contribution in [1.82, 2.24) is 5.32 Å². The van der Waals surface area contributed by atoms with Crippen molar-refractivity contribution in [3.63, 3.8) is 0 Å². The molecule has 0 aromatic rings. The van der Waals surface area contributed by atoms with Crippen LogP contribution in [0.3, 0.4) is 0 Å². The maximum Gasteiger partial charge on any atom is 0.412 e. The zero-order valence-corrected chi connectivity index (χ0v) is 12.1. The summed E-state index contributed by atoms with van der Waals surface area (Å²) >= 11 is 0. The average Bonchev–Trinajstić information content (AvgIpc) is 2.24. The van der Waals surface area contributed by atoms with Gasteiger partial charge in [-0.25, -0.2) is 15.2 Å². The third-order valence-corrected chi connectivity index (χ3v) is 2.39. The Kier molecular flexibility index (Phi) is 8.38. The number of hydrogen-bond acceptors (Lipinski definition) is 4. The molecule has 112 valence electrons. The van der Waals surface area contributed by atoms with Gasteiger partial charge in [0.05, 0.1) is 0 Å². The summed E-state index contributed by atoms with van der Waals surface area (Å²) < 4.78 is 5.04. The quantitative estimate of drug-likeness (QED) is 0.272. The molecular formula is C13H26N2O4. The summed E-state index contributed by atoms with van der Waals surface area (Å²) in [5.41, 5.74) is -0.628. The predicted molar refractivity (Wildman–Crippen MR) is 72.6 cm³/mol. The highest BCUT2D eigenvalue weighted by molar-refractivity contribution is 5.67. The minimum absolute atomic E-state index is 0.408. The topological polar surface area (TPSA) is 86.1 Å². The molecule has 0 radical (unpaired) electrons. The minimum Gasteiger partial charge on any atom is -0.598 e. The van der Waals surface area contributed by atoms with Crippen molar-refractivity contribution in [2.45, 2.75) is 64.6 Å². The van der Waals surface area contributed by atoms with Gasteiger partial charge in [0, 0.05) is 6.42 Å². The number of carbonyl (C=O) groups is 1. The molecule has 0 aliphatic heterocycles. The van der Waals surface area contributed by atoms with Crippen LogP contribution >= 0.6 is 0 Å². The number of alkyl carbamates (subject to hydrolysis) is 1. The zero-order valence-electron chi connectivity index (χ0n) is 12.1. The van der Waals surface area contributed by atoms with Gasteiger partial charge in [0.1, 0.15) is 5.60 Å². The highest BCUT2D eigenvalue weighted by Gasteiger charge is 2.22. The number of amides is 1. The molecule has 1 amide bonds. The van der Waals surface area contributed by atoms with Crippen molar-refractivity contribution in [2.24, 2.45) is 0 Å². The first-order chi connectivity index (χ1) is 8.76. The molecule has 0 spiro atoms. The average molecular weight is 274 g/mol. The lowest BCUT2D eigenvalue weighted by molar-refractivity contribution is -1.07. The molecule has 0 saturated heterocycles. The fourth-order valence-corrected chi connectivity index (χ4v) is 1.52. The van der Waals surface area contributed by atoms with Crippen molar-refractivity contribution in [2.75, 3.05) is 0 Å². The van der Waals surface area contributed by atoms with Crippen LogP contribution in [0.5, 0.6) is 0 Å². The van der Waals surface area contributed by atoms with Gasteiger partial charge in [0.25, 0.3) is 0 Å². The first kappa shape index (κ1) is 17.9. The molecular weight excluding hydrogens is 248 g/mol. The van der Waals surface area contributed by atoms with E-state index >= 15 is 0 Å². The van der Waals surface area contributed by atoms with Gasteiger partial charge in [-0.2, -0.15) is 0 Å². The second-order valence-electron chi connectivity index (χ2n) is 5.46. The Morgan fingerprint density at radius 3 is 2.58 bits per heavy atom. The SMILES string of the molecule is C=CCCCCC[C@H](NC(=O)OC(C)(C)C)[NH+]([O-])O. The molecule has 0 bridgehead atoms. The van der Waals surface area contributed by atoms with Crippen LogP contribution in [0.25, 0.3) is 0 Å². The minimum atomic E-state index is -1.03. The molecule has 0 heterocycles. The number of hydroxylamine groups is 2. The molecule has 6 heteroatoms. The monoisotopic (exact) mass is 274 g/mol. The van der Waals surface area contributed by atoms with Crippen LogP contribution in [0.15, 0.2) is 12.7 Å². The number of hydrogen-bond donors (Lipinski definition) is 3. The van der Waals surface area contributed by atoms with Gasteiger partial charge in [-0.05, 0) is 40.0 Å². The van der Waals surface area contributed by atoms with Crippen molar-refractivity contribution < 1.29 is 20.0 Å². The van der Waals surface area contributed by atoms with Crippen LogP contribution in [0.2, 0.25) is 0 Å². The second kappa shape index (κ2) is 8.90. The maximum atomic E-state index is 11.5. The fraction of sp³-hybridized carbons (Fsp3) is 0.769. The van der Waals surface area contributed by atoms with Crippen molar-refractivity contribution in [1.29, 1.82) is 0 Å². The summed E-state index contributed by atoms with van der Waals surface area (Å²) in [6.07, 6.45) is 4.26. The molecule has 0 aliphatic rings. The Balaban J connectivity index is 4.05. The third kappa shape index (κ3) is 10.5. The number of carbonyl (C=O) groups excluding carboxylic acids is 1. The largest absolute Gasteiger partial charge is 0.598 e. The number of ether oxygens (including phenoxy) is 1. The lowest BCUT2D eigenvalue weighted by Gasteiger charge is -2.26. The number of nitrogens with one attached hydrogen (secondary N) is 2. The van der Waals surface area contributed by atoms with Gasteiger partial charge >= 0.3 is 6.09 Å². The van der Waals surface area contributed by atoms with E-state index in [-0.39, 0.29) is 0 Å². The Labute approximate surface area is 115 Å². The van der Waals surface area contributed by atoms with Gasteiger partial charge < -0.3 is 9.94 Å². The lowest BCUT2D eigenvalue weighted by Crippen LogP contribution is -3.11. The van der Waals surface area contributed by atoms with Gasteiger partial charge in [-0.3, -0.25) is 5.32 Å². The Hall–Kier alpha value is -1.11. The first-order valence-corrected chi connectivity index (χ1v) is 6.59. The van der Waals surface area contributed by atoms with Crippen LogP contribution in [-0.4, -0.2) is 23.1 Å². The van der Waals surface area contributed by atoms with Crippen LogP contribution in [-0.2, 0) is 4.74 Å². The van der Waals surface area contributed by atoms with E-state index < -0.39 is 23.1 Å². The van der Waals surface area contributed by atoms with Gasteiger partial charge in [0.15, 0.2) is 6.17 Å². The van der Waals surface area contributed by atoms with E-state index in [2.05, 4.69) is 11.9 Å². The predicted octanol–water partition coefficient (Wildman–Crippen LogP) is 1.75. The van der Waals surface area contributed by atoms with E-state index in [9.17, 15) is 10.0 Å². The van der Waals surface area contributed by atoms with E-state index in [4.69, 9.17) is 9.94 Å². The Bertz CT molecular complexity index is 274. The third-order valence-electron chi connectivity index (χ3n) is 2.39. The summed E-state index contributed by atoms with van der Waals surface area (Å²) in [5, 5.41) is 21.4. The molecule has 2 atom stereocenters. The fourth-order valence-electron chi connectivity index (χ4n) is 1.52. The Morgan fingerprint density at radius 1 is 1.47 bits per heavy atom. The Morgan fingerprint density at radius 2 is 2.11 bits per heavy atom. The second-order valence-corrected chi connectivity index (χ2v) is 5.46. The molecule has 0 fully saturated rings. The van der Waals surface area contributed by atoms with E-state index in [1.807, 2.05) is 6.08 Å². The lowest BCUT2D eigenvalue weighted by atomic mass is 10.1. The van der Waals surface area contributed by atoms with Gasteiger partial charge in [-0.1, -0.05) is 12.5 Å². The highest BCUT2D eigenvalue weighted by atomic mass is 16.8. The molecule has 6 nitrogen and oxygen atoms in total. The van der Waals surface area contributed by atoms with Gasteiger partial charge in [0.2, 0.25) is 0 Å². The molecule has 0 saturated carbocycles. The van der Waals surface area contributed by atoms with E-state index in [0.717, 1.165) is 25.7 Å². The van der Waals surface area contributed by atoms with Crippen LogP contribution in [0.4, 0.5) is 4.79 Å². The molecule has 1 unspecified atom stereocenters. The van der Waals surface area contributed by atoms with Crippen LogP contribution in [0.1, 0.15) is 52.9 Å². The van der Waals surface area contributed by atoms with Crippen molar-refractivity contribution in [3.05, 3.63) is 17.9 Å². The number of allylic oxidation sites excluding steroid dienone is 1. The molecule has 19 heavy (non-hydrogen) atoms. The van der Waals surface area contributed by atoms with E-state index in [0.29, 0.717) is 6.42 Å². The number of quaternary nitrogens is 1. The normalized spacial score (nSPS) is 14.6. The van der Waals surface area contributed by atoms with E-state index in [1.165, 1.54) is 0 Å². The summed E-state index contributed by atoms with van der Waals surface area (Å²) in [6.45, 7) is 8.83. The molecule has 0 aromatic carbocycles. The molecule has 0 rings (SSSR count). The zero-order chi connectivity index (χ0) is 14.9. The number of unbranched alkanes of at least 4 members (excludes halogenated alkanes) is 3. The summed E-state index contributed by atoms with van der Waals surface area (Å²) in [4.78, 5) is 11.5. The van der Waals surface area contributed by atoms with Crippen molar-refractivity contribution in [3.8, 4) is 0 Å². The maximum absolute atomic E-state index is 11.5. The molecule has 0 aromatic heterocycles. The van der Waals surface area contributed by atoms with E-state index in [1.54, 1.807) is 20.8 Å².